The fourth-order valence-electron chi connectivity index (χ4n) is 3.09. The topological polar surface area (TPSA) is 34.1 Å². The molecular weight excluding hydrogens is 313 g/mol. The summed E-state index contributed by atoms with van der Waals surface area (Å²) in [5.41, 5.74) is 2.71. The first kappa shape index (κ1) is 17.3. The van der Waals surface area contributed by atoms with Gasteiger partial charge in [-0.3, -0.25) is 0 Å². The first-order chi connectivity index (χ1) is 10.1. The average Bonchev–Trinajstić information content (AvgIpc) is 2.41. The van der Waals surface area contributed by atoms with E-state index in [1.54, 1.807) is 6.07 Å². The first-order valence-corrected chi connectivity index (χ1v) is 9.15. The van der Waals surface area contributed by atoms with E-state index in [2.05, 4.69) is 0 Å². The first-order valence-electron chi connectivity index (χ1n) is 7.44. The Kier molecular flexibility index (Phi) is 4.90. The minimum atomic E-state index is -4.21. The minimum absolute atomic E-state index is 0.0829. The van der Waals surface area contributed by atoms with Gasteiger partial charge in [-0.1, -0.05) is 23.8 Å². The molecule has 6 heteroatoms. The zero-order valence-corrected chi connectivity index (χ0v) is 13.6. The Labute approximate surface area is 129 Å². The molecule has 1 aromatic carbocycles. The molecule has 1 saturated carbocycles. The Morgan fingerprint density at radius 1 is 1.09 bits per heavy atom. The second-order valence-corrected chi connectivity index (χ2v) is 8.53. The molecule has 22 heavy (non-hydrogen) atoms. The molecule has 2 rings (SSSR count). The lowest BCUT2D eigenvalue weighted by Crippen LogP contribution is -2.33. The largest absolute Gasteiger partial charge is 0.391 e. The van der Waals surface area contributed by atoms with Gasteiger partial charge in [0.15, 0.2) is 9.84 Å². The molecule has 0 aromatic heterocycles. The van der Waals surface area contributed by atoms with E-state index < -0.39 is 27.2 Å². The lowest BCUT2D eigenvalue weighted by Gasteiger charge is -2.29. The Morgan fingerprint density at radius 2 is 1.68 bits per heavy atom. The Balaban J connectivity index is 2.06. The lowest BCUT2D eigenvalue weighted by molar-refractivity contribution is -0.181. The van der Waals surface area contributed by atoms with Crippen molar-refractivity contribution >= 4 is 9.84 Å². The summed E-state index contributed by atoms with van der Waals surface area (Å²) in [4.78, 5) is 0. The van der Waals surface area contributed by atoms with Crippen molar-refractivity contribution in [3.05, 3.63) is 34.9 Å². The van der Waals surface area contributed by atoms with Gasteiger partial charge >= 0.3 is 6.18 Å². The summed E-state index contributed by atoms with van der Waals surface area (Å²) in [6, 6.07) is 5.58. The van der Waals surface area contributed by atoms with Crippen LogP contribution in [0, 0.1) is 19.8 Å². The standard InChI is InChI=1S/C16H21F3O2S/c1-11-3-4-13(12(2)9-11)10-22(20,21)15-7-5-14(6-8-15)16(17,18)19/h3-4,9,14-15H,5-8,10H2,1-2H3. The molecule has 1 aliphatic carbocycles. The molecule has 0 atom stereocenters. The number of hydrogen-bond donors (Lipinski definition) is 0. The van der Waals surface area contributed by atoms with E-state index in [0.717, 1.165) is 16.7 Å². The van der Waals surface area contributed by atoms with Gasteiger partial charge < -0.3 is 0 Å². The number of halogens is 3. The normalized spacial score (nSPS) is 23.5. The van der Waals surface area contributed by atoms with Crippen LogP contribution in [0.2, 0.25) is 0 Å². The van der Waals surface area contributed by atoms with Gasteiger partial charge in [0, 0.05) is 0 Å². The molecule has 0 bridgehead atoms. The number of alkyl halides is 3. The van der Waals surface area contributed by atoms with Crippen molar-refractivity contribution in [2.75, 3.05) is 0 Å². The summed E-state index contributed by atoms with van der Waals surface area (Å²) >= 11 is 0. The molecule has 124 valence electrons. The molecule has 2 nitrogen and oxygen atoms in total. The molecule has 1 aliphatic rings. The summed E-state index contributed by atoms with van der Waals surface area (Å²) in [6.07, 6.45) is -4.16. The van der Waals surface area contributed by atoms with Crippen LogP contribution in [0.4, 0.5) is 13.2 Å². The molecule has 0 radical (unpaired) electrons. The maximum Gasteiger partial charge on any atom is 0.391 e. The summed E-state index contributed by atoms with van der Waals surface area (Å²) in [5, 5.41) is -0.646. The van der Waals surface area contributed by atoms with E-state index in [1.165, 1.54) is 0 Å². The van der Waals surface area contributed by atoms with Gasteiger partial charge in [-0.25, -0.2) is 8.42 Å². The minimum Gasteiger partial charge on any atom is -0.228 e. The van der Waals surface area contributed by atoms with Gasteiger partial charge in [0.25, 0.3) is 0 Å². The molecule has 0 aliphatic heterocycles. The van der Waals surface area contributed by atoms with Crippen LogP contribution < -0.4 is 0 Å². The molecule has 0 saturated heterocycles. The molecule has 1 fully saturated rings. The quantitative estimate of drug-likeness (QED) is 0.824. The summed E-state index contributed by atoms with van der Waals surface area (Å²) < 4.78 is 62.9. The van der Waals surface area contributed by atoms with Crippen LogP contribution in [0.25, 0.3) is 0 Å². The highest BCUT2D eigenvalue weighted by molar-refractivity contribution is 7.91. The third-order valence-electron chi connectivity index (χ3n) is 4.50. The number of hydrogen-bond acceptors (Lipinski definition) is 2. The van der Waals surface area contributed by atoms with Crippen molar-refractivity contribution in [2.45, 2.75) is 56.7 Å². The van der Waals surface area contributed by atoms with E-state index in [9.17, 15) is 21.6 Å². The maximum absolute atomic E-state index is 12.7. The lowest BCUT2D eigenvalue weighted by atomic mass is 9.88. The average molecular weight is 334 g/mol. The van der Waals surface area contributed by atoms with Gasteiger partial charge in [-0.05, 0) is 50.7 Å². The van der Waals surface area contributed by atoms with E-state index >= 15 is 0 Å². The number of benzene rings is 1. The van der Waals surface area contributed by atoms with Crippen LogP contribution in [0.15, 0.2) is 18.2 Å². The van der Waals surface area contributed by atoms with Crippen LogP contribution in [-0.4, -0.2) is 19.8 Å². The highest BCUT2D eigenvalue weighted by Gasteiger charge is 2.43. The van der Waals surface area contributed by atoms with Crippen LogP contribution in [0.1, 0.15) is 42.4 Å². The van der Waals surface area contributed by atoms with Crippen molar-refractivity contribution in [2.24, 2.45) is 5.92 Å². The van der Waals surface area contributed by atoms with E-state index in [1.807, 2.05) is 26.0 Å². The zero-order valence-electron chi connectivity index (χ0n) is 12.8. The van der Waals surface area contributed by atoms with Gasteiger partial charge in [0.05, 0.1) is 16.9 Å². The maximum atomic E-state index is 12.7. The van der Waals surface area contributed by atoms with Crippen molar-refractivity contribution in [1.29, 1.82) is 0 Å². The molecule has 0 N–H and O–H groups in total. The van der Waals surface area contributed by atoms with E-state index in [-0.39, 0.29) is 31.4 Å². The molecule has 1 aromatic rings. The van der Waals surface area contributed by atoms with E-state index in [4.69, 9.17) is 0 Å². The Bertz CT molecular complexity index is 627. The third-order valence-corrected chi connectivity index (χ3v) is 6.70. The predicted octanol–water partition coefficient (Wildman–Crippen LogP) is 4.34. The second kappa shape index (κ2) is 6.22. The van der Waals surface area contributed by atoms with Crippen molar-refractivity contribution in [3.8, 4) is 0 Å². The molecular formula is C16H21F3O2S. The smallest absolute Gasteiger partial charge is 0.228 e. The molecule has 0 amide bonds. The highest BCUT2D eigenvalue weighted by Crippen LogP contribution is 2.39. The number of sulfone groups is 1. The summed E-state index contributed by atoms with van der Waals surface area (Å²) in [7, 11) is -3.41. The van der Waals surface area contributed by atoms with Crippen LogP contribution in [0.5, 0.6) is 0 Å². The van der Waals surface area contributed by atoms with Crippen LogP contribution in [0.3, 0.4) is 0 Å². The number of aryl methyl sites for hydroxylation is 2. The third kappa shape index (κ3) is 4.03. The summed E-state index contributed by atoms with van der Waals surface area (Å²) in [6.45, 7) is 3.79. The summed E-state index contributed by atoms with van der Waals surface area (Å²) in [5.74, 6) is -1.43. The second-order valence-electron chi connectivity index (χ2n) is 6.25. The predicted molar refractivity (Wildman–Crippen MR) is 80.3 cm³/mol. The zero-order chi connectivity index (χ0) is 16.5. The highest BCUT2D eigenvalue weighted by atomic mass is 32.2. The Morgan fingerprint density at radius 3 is 2.18 bits per heavy atom. The van der Waals surface area contributed by atoms with E-state index in [0.29, 0.717) is 0 Å². The monoisotopic (exact) mass is 334 g/mol. The molecule has 0 heterocycles. The number of rotatable bonds is 3. The fraction of sp³-hybridized carbons (Fsp3) is 0.625. The van der Waals surface area contributed by atoms with Crippen LogP contribution in [-0.2, 0) is 15.6 Å². The SMILES string of the molecule is Cc1ccc(CS(=O)(=O)C2CCC(C(F)(F)F)CC2)c(C)c1. The van der Waals surface area contributed by atoms with Gasteiger partial charge in [-0.2, -0.15) is 13.2 Å². The van der Waals surface area contributed by atoms with Gasteiger partial charge in [0.2, 0.25) is 0 Å². The van der Waals surface area contributed by atoms with Crippen molar-refractivity contribution < 1.29 is 21.6 Å². The van der Waals surface area contributed by atoms with Gasteiger partial charge in [0.1, 0.15) is 0 Å². The van der Waals surface area contributed by atoms with Crippen molar-refractivity contribution in [3.63, 3.8) is 0 Å². The molecule has 0 unspecified atom stereocenters. The molecule has 0 spiro atoms. The van der Waals surface area contributed by atoms with Crippen LogP contribution >= 0.6 is 0 Å². The van der Waals surface area contributed by atoms with Gasteiger partial charge in [-0.15, -0.1) is 0 Å². The fourth-order valence-corrected chi connectivity index (χ4v) is 5.08. The van der Waals surface area contributed by atoms with Crippen molar-refractivity contribution in [1.82, 2.24) is 0 Å². The Hall–Kier alpha value is -1.04.